The van der Waals surface area contributed by atoms with Gasteiger partial charge in [0.1, 0.15) is 0 Å². The van der Waals surface area contributed by atoms with Crippen molar-refractivity contribution in [3.8, 4) is 0 Å². The van der Waals surface area contributed by atoms with Crippen LogP contribution in [0.3, 0.4) is 0 Å². The Labute approximate surface area is 104 Å². The van der Waals surface area contributed by atoms with Crippen LogP contribution in [0, 0.1) is 23.7 Å². The molecule has 3 nitrogen and oxygen atoms in total. The van der Waals surface area contributed by atoms with Crippen LogP contribution in [0.2, 0.25) is 0 Å². The molecule has 1 aliphatic rings. The van der Waals surface area contributed by atoms with Crippen molar-refractivity contribution in [3.05, 3.63) is 0 Å². The summed E-state index contributed by atoms with van der Waals surface area (Å²) in [5, 5.41) is 19.7. The Bertz CT molecular complexity index is 265. The van der Waals surface area contributed by atoms with Gasteiger partial charge >= 0.3 is 5.97 Å². The molecule has 0 heterocycles. The minimum atomic E-state index is -1.54. The first-order valence-corrected chi connectivity index (χ1v) is 6.75. The largest absolute Gasteiger partial charge is 0.479 e. The lowest BCUT2D eigenvalue weighted by atomic mass is 9.67. The van der Waals surface area contributed by atoms with Crippen LogP contribution in [0.25, 0.3) is 0 Å². The first kappa shape index (κ1) is 14.5. The van der Waals surface area contributed by atoms with Crippen molar-refractivity contribution in [1.82, 2.24) is 0 Å². The summed E-state index contributed by atoms with van der Waals surface area (Å²) < 4.78 is 0. The third-order valence-corrected chi connectivity index (χ3v) is 4.56. The smallest absolute Gasteiger partial charge is 0.336 e. The number of aliphatic hydroxyl groups is 1. The van der Waals surface area contributed by atoms with Gasteiger partial charge in [0, 0.05) is 0 Å². The quantitative estimate of drug-likeness (QED) is 0.797. The highest BCUT2D eigenvalue weighted by Gasteiger charge is 2.47. The van der Waals surface area contributed by atoms with Crippen LogP contribution >= 0.6 is 0 Å². The van der Waals surface area contributed by atoms with Gasteiger partial charge in [-0.2, -0.15) is 0 Å². The van der Waals surface area contributed by atoms with Crippen LogP contribution < -0.4 is 0 Å². The summed E-state index contributed by atoms with van der Waals surface area (Å²) in [6.07, 6.45) is 3.77. The number of carboxylic acids is 1. The van der Waals surface area contributed by atoms with Crippen molar-refractivity contribution in [3.63, 3.8) is 0 Å². The number of aliphatic carboxylic acids is 1. The van der Waals surface area contributed by atoms with E-state index in [0.717, 1.165) is 25.7 Å². The Morgan fingerprint density at radius 2 is 1.59 bits per heavy atom. The molecule has 3 heteroatoms. The maximum Gasteiger partial charge on any atom is 0.336 e. The van der Waals surface area contributed by atoms with Gasteiger partial charge in [0.25, 0.3) is 0 Å². The molecule has 0 bridgehead atoms. The number of carboxylic acid groups (broad SMARTS) is 1. The maximum atomic E-state index is 11.3. The molecular weight excluding hydrogens is 216 g/mol. The zero-order chi connectivity index (χ0) is 13.2. The van der Waals surface area contributed by atoms with Crippen LogP contribution in [0.15, 0.2) is 0 Å². The van der Waals surface area contributed by atoms with Crippen LogP contribution in [0.5, 0.6) is 0 Å². The highest BCUT2D eigenvalue weighted by Crippen LogP contribution is 2.41. The van der Waals surface area contributed by atoms with Gasteiger partial charge in [0.05, 0.1) is 0 Å². The van der Waals surface area contributed by atoms with Gasteiger partial charge in [0.15, 0.2) is 5.60 Å². The summed E-state index contributed by atoms with van der Waals surface area (Å²) in [6.45, 7) is 8.03. The van der Waals surface area contributed by atoms with E-state index in [9.17, 15) is 15.0 Å². The fraction of sp³-hybridized carbons (Fsp3) is 0.929. The van der Waals surface area contributed by atoms with Gasteiger partial charge in [0.2, 0.25) is 0 Å². The summed E-state index contributed by atoms with van der Waals surface area (Å²) >= 11 is 0. The first-order valence-electron chi connectivity index (χ1n) is 6.75. The van der Waals surface area contributed by atoms with Gasteiger partial charge in [-0.15, -0.1) is 0 Å². The van der Waals surface area contributed by atoms with Crippen molar-refractivity contribution >= 4 is 5.97 Å². The van der Waals surface area contributed by atoms with Crippen molar-refractivity contribution in [1.29, 1.82) is 0 Å². The van der Waals surface area contributed by atoms with E-state index in [4.69, 9.17) is 0 Å². The molecule has 17 heavy (non-hydrogen) atoms. The Hall–Kier alpha value is -0.570. The molecule has 0 aromatic carbocycles. The highest BCUT2D eigenvalue weighted by atomic mass is 16.4. The van der Waals surface area contributed by atoms with Crippen LogP contribution in [0.4, 0.5) is 0 Å². The molecule has 0 radical (unpaired) electrons. The van der Waals surface area contributed by atoms with Crippen molar-refractivity contribution in [2.24, 2.45) is 23.7 Å². The summed E-state index contributed by atoms with van der Waals surface area (Å²) in [6, 6.07) is 0. The van der Waals surface area contributed by atoms with E-state index in [1.807, 2.05) is 0 Å². The molecule has 1 unspecified atom stereocenters. The molecule has 1 rings (SSSR count). The molecule has 0 aliphatic heterocycles. The second-order valence-electron chi connectivity index (χ2n) is 6.14. The van der Waals surface area contributed by atoms with Crippen LogP contribution in [-0.2, 0) is 4.79 Å². The molecule has 1 fully saturated rings. The monoisotopic (exact) mass is 242 g/mol. The van der Waals surface area contributed by atoms with Gasteiger partial charge in [-0.25, -0.2) is 4.79 Å². The molecule has 0 saturated heterocycles. The van der Waals surface area contributed by atoms with E-state index in [-0.39, 0.29) is 11.8 Å². The fourth-order valence-corrected chi connectivity index (χ4v) is 3.12. The molecule has 1 aliphatic carbocycles. The van der Waals surface area contributed by atoms with Gasteiger partial charge in [-0.3, -0.25) is 0 Å². The fourth-order valence-electron chi connectivity index (χ4n) is 3.12. The summed E-state index contributed by atoms with van der Waals surface area (Å²) in [5.41, 5.74) is -1.54. The molecule has 2 N–H and O–H groups in total. The molecule has 0 aromatic heterocycles. The Kier molecular flexibility index (Phi) is 4.59. The topological polar surface area (TPSA) is 57.5 Å². The Balaban J connectivity index is 2.72. The van der Waals surface area contributed by atoms with Crippen LogP contribution in [0.1, 0.15) is 53.4 Å². The molecule has 1 atom stereocenters. The maximum absolute atomic E-state index is 11.3. The van der Waals surface area contributed by atoms with E-state index in [1.54, 1.807) is 13.8 Å². The second kappa shape index (κ2) is 5.38. The Morgan fingerprint density at radius 1 is 1.12 bits per heavy atom. The molecule has 0 amide bonds. The summed E-state index contributed by atoms with van der Waals surface area (Å²) in [7, 11) is 0. The number of rotatable bonds is 4. The van der Waals surface area contributed by atoms with Crippen LogP contribution in [-0.4, -0.2) is 21.8 Å². The summed E-state index contributed by atoms with van der Waals surface area (Å²) in [4.78, 5) is 11.3. The molecular formula is C14H26O3. The van der Waals surface area contributed by atoms with E-state index < -0.39 is 11.6 Å². The standard InChI is InChI=1S/C14H26O3/c1-9(2)11-5-7-12(8-6-11)14(17,10(3)4)13(15)16/h9-12,17H,5-8H2,1-4H3,(H,15,16). The Morgan fingerprint density at radius 3 is 1.88 bits per heavy atom. The third kappa shape index (κ3) is 2.82. The number of hydrogen-bond acceptors (Lipinski definition) is 2. The second-order valence-corrected chi connectivity index (χ2v) is 6.14. The third-order valence-electron chi connectivity index (χ3n) is 4.56. The van der Waals surface area contributed by atoms with Gasteiger partial charge in [-0.1, -0.05) is 27.7 Å². The van der Waals surface area contributed by atoms with Gasteiger partial charge < -0.3 is 10.2 Å². The number of hydrogen-bond donors (Lipinski definition) is 2. The highest BCUT2D eigenvalue weighted by molar-refractivity contribution is 5.78. The average molecular weight is 242 g/mol. The van der Waals surface area contributed by atoms with E-state index >= 15 is 0 Å². The van der Waals surface area contributed by atoms with E-state index in [0.29, 0.717) is 11.8 Å². The summed E-state index contributed by atoms with van der Waals surface area (Å²) in [5.74, 6) is -0.0273. The zero-order valence-corrected chi connectivity index (χ0v) is 11.4. The lowest BCUT2D eigenvalue weighted by molar-refractivity contribution is -0.174. The van der Waals surface area contributed by atoms with E-state index in [2.05, 4.69) is 13.8 Å². The normalized spacial score (nSPS) is 29.4. The van der Waals surface area contributed by atoms with Crippen molar-refractivity contribution in [2.45, 2.75) is 59.0 Å². The number of carbonyl (C=O) groups is 1. The first-order chi connectivity index (χ1) is 7.80. The molecule has 1 saturated carbocycles. The average Bonchev–Trinajstić information content (AvgIpc) is 2.27. The lowest BCUT2D eigenvalue weighted by Gasteiger charge is -2.40. The van der Waals surface area contributed by atoms with E-state index in [1.165, 1.54) is 0 Å². The lowest BCUT2D eigenvalue weighted by Crippen LogP contribution is -2.51. The zero-order valence-electron chi connectivity index (χ0n) is 11.4. The molecule has 0 aromatic rings. The van der Waals surface area contributed by atoms with Crippen molar-refractivity contribution < 1.29 is 15.0 Å². The van der Waals surface area contributed by atoms with Gasteiger partial charge in [-0.05, 0) is 49.4 Å². The minimum absolute atomic E-state index is 0.0880. The minimum Gasteiger partial charge on any atom is -0.479 e. The predicted octanol–water partition coefficient (Wildman–Crippen LogP) is 2.92. The predicted molar refractivity (Wildman–Crippen MR) is 67.7 cm³/mol. The van der Waals surface area contributed by atoms with Crippen molar-refractivity contribution in [2.75, 3.05) is 0 Å². The molecule has 0 spiro atoms. The SMILES string of the molecule is CC(C)C1CCC(C(O)(C(=O)O)C(C)C)CC1. The molecule has 100 valence electrons.